The van der Waals surface area contributed by atoms with Crippen LogP contribution in [0.5, 0.6) is 0 Å². The van der Waals surface area contributed by atoms with Crippen LogP contribution in [0, 0.1) is 13.8 Å². The highest BCUT2D eigenvalue weighted by Gasteiger charge is 2.14. The van der Waals surface area contributed by atoms with Gasteiger partial charge in [-0.05, 0) is 54.8 Å². The molecule has 0 saturated carbocycles. The third-order valence-corrected chi connectivity index (χ3v) is 5.59. The molecule has 0 spiro atoms. The van der Waals surface area contributed by atoms with Crippen LogP contribution in [0.25, 0.3) is 11.2 Å². The monoisotopic (exact) mass is 438 g/mol. The molecule has 2 aromatic carbocycles. The molecule has 0 aliphatic carbocycles. The summed E-state index contributed by atoms with van der Waals surface area (Å²) in [6, 6.07) is 13.5. The molecule has 9 heteroatoms. The van der Waals surface area contributed by atoms with Gasteiger partial charge in [-0.15, -0.1) is 5.10 Å². The minimum absolute atomic E-state index is 0.106. The normalized spacial score (nSPS) is 11.0. The van der Waals surface area contributed by atoms with E-state index in [0.29, 0.717) is 27.8 Å². The zero-order chi connectivity index (χ0) is 21.1. The van der Waals surface area contributed by atoms with Gasteiger partial charge in [-0.25, -0.2) is 14.6 Å². The van der Waals surface area contributed by atoms with Crippen LogP contribution in [0.2, 0.25) is 5.02 Å². The minimum atomic E-state index is -0.106. The molecule has 0 aliphatic rings. The van der Waals surface area contributed by atoms with Crippen molar-refractivity contribution in [2.24, 2.45) is 0 Å². The molecule has 0 atom stereocenters. The van der Waals surface area contributed by atoms with Gasteiger partial charge in [0, 0.05) is 10.7 Å². The summed E-state index contributed by atoms with van der Waals surface area (Å²) in [5, 5.41) is 12.7. The summed E-state index contributed by atoms with van der Waals surface area (Å²) < 4.78 is 1.71. The van der Waals surface area contributed by atoms with Gasteiger partial charge >= 0.3 is 0 Å². The summed E-state index contributed by atoms with van der Waals surface area (Å²) in [4.78, 5) is 21.0. The maximum Gasteiger partial charge on any atom is 0.234 e. The fourth-order valence-electron chi connectivity index (χ4n) is 3.12. The Kier molecular flexibility index (Phi) is 5.96. The number of anilines is 1. The first kappa shape index (κ1) is 20.3. The number of benzene rings is 2. The Morgan fingerprint density at radius 2 is 1.83 bits per heavy atom. The van der Waals surface area contributed by atoms with Gasteiger partial charge in [0.1, 0.15) is 11.4 Å². The number of nitrogens with one attached hydrogen (secondary N) is 1. The predicted octanol–water partition coefficient (Wildman–Crippen LogP) is 4.27. The molecule has 0 saturated heterocycles. The van der Waals surface area contributed by atoms with Gasteiger partial charge < -0.3 is 5.32 Å². The molecule has 4 aromatic rings. The molecule has 1 amide bonds. The van der Waals surface area contributed by atoms with E-state index in [1.807, 2.05) is 50.2 Å². The van der Waals surface area contributed by atoms with Crippen molar-refractivity contribution in [2.45, 2.75) is 25.4 Å². The first-order valence-corrected chi connectivity index (χ1v) is 10.6. The smallest absolute Gasteiger partial charge is 0.234 e. The van der Waals surface area contributed by atoms with Gasteiger partial charge in [0.05, 0.1) is 12.3 Å². The van der Waals surface area contributed by atoms with E-state index in [2.05, 4.69) is 31.7 Å². The molecule has 152 valence electrons. The van der Waals surface area contributed by atoms with Gasteiger partial charge in [0.15, 0.2) is 11.2 Å². The molecular weight excluding hydrogens is 420 g/mol. The number of amides is 1. The quantitative estimate of drug-likeness (QED) is 0.357. The van der Waals surface area contributed by atoms with Crippen LogP contribution in [0.3, 0.4) is 0 Å². The van der Waals surface area contributed by atoms with Crippen LogP contribution in [0.4, 0.5) is 5.69 Å². The summed E-state index contributed by atoms with van der Waals surface area (Å²) in [6.45, 7) is 4.52. The van der Waals surface area contributed by atoms with Crippen LogP contribution >= 0.6 is 23.4 Å². The molecule has 0 unspecified atom stereocenters. The largest absolute Gasteiger partial charge is 0.325 e. The Morgan fingerprint density at radius 3 is 2.57 bits per heavy atom. The molecule has 2 aromatic heterocycles. The van der Waals surface area contributed by atoms with E-state index >= 15 is 0 Å². The fourth-order valence-corrected chi connectivity index (χ4v) is 3.98. The van der Waals surface area contributed by atoms with Crippen molar-refractivity contribution < 1.29 is 4.79 Å². The number of rotatable bonds is 6. The number of halogens is 1. The number of aromatic nitrogens is 5. The second-order valence-corrected chi connectivity index (χ2v) is 8.34. The Bertz CT molecular complexity index is 1190. The Labute approximate surface area is 182 Å². The van der Waals surface area contributed by atoms with Crippen LogP contribution in [0.1, 0.15) is 16.7 Å². The maximum absolute atomic E-state index is 12.4. The lowest BCUT2D eigenvalue weighted by molar-refractivity contribution is -0.113. The van der Waals surface area contributed by atoms with E-state index in [0.717, 1.165) is 22.4 Å². The summed E-state index contributed by atoms with van der Waals surface area (Å²) >= 11 is 7.26. The summed E-state index contributed by atoms with van der Waals surface area (Å²) in [5.41, 5.74) is 5.24. The van der Waals surface area contributed by atoms with Crippen molar-refractivity contribution in [2.75, 3.05) is 11.1 Å². The average molecular weight is 439 g/mol. The van der Waals surface area contributed by atoms with Gasteiger partial charge in [-0.2, -0.15) is 0 Å². The maximum atomic E-state index is 12.4. The predicted molar refractivity (Wildman–Crippen MR) is 119 cm³/mol. The van der Waals surface area contributed by atoms with Crippen molar-refractivity contribution in [3.63, 3.8) is 0 Å². The van der Waals surface area contributed by atoms with Gasteiger partial charge in [-0.3, -0.25) is 4.79 Å². The molecule has 7 nitrogen and oxygen atoms in total. The molecule has 0 fully saturated rings. The van der Waals surface area contributed by atoms with Crippen LogP contribution in [-0.4, -0.2) is 36.6 Å². The molecule has 0 aliphatic heterocycles. The minimum Gasteiger partial charge on any atom is -0.325 e. The molecule has 1 N–H and O–H groups in total. The van der Waals surface area contributed by atoms with E-state index in [1.54, 1.807) is 4.68 Å². The summed E-state index contributed by atoms with van der Waals surface area (Å²) in [6.07, 6.45) is 1.47. The highest BCUT2D eigenvalue weighted by Crippen LogP contribution is 2.23. The van der Waals surface area contributed by atoms with Gasteiger partial charge in [0.25, 0.3) is 0 Å². The second-order valence-electron chi connectivity index (χ2n) is 6.94. The number of nitrogens with zero attached hydrogens (tertiary/aromatic N) is 5. The Balaban J connectivity index is 1.46. The highest BCUT2D eigenvalue weighted by molar-refractivity contribution is 8.00. The van der Waals surface area contributed by atoms with Crippen LogP contribution < -0.4 is 5.32 Å². The second kappa shape index (κ2) is 8.81. The number of carbonyl (C=O) groups is 1. The lowest BCUT2D eigenvalue weighted by atomic mass is 10.1. The third-order valence-electron chi connectivity index (χ3n) is 4.36. The van der Waals surface area contributed by atoms with E-state index in [4.69, 9.17) is 11.6 Å². The van der Waals surface area contributed by atoms with Crippen molar-refractivity contribution in [1.29, 1.82) is 0 Å². The lowest BCUT2D eigenvalue weighted by Crippen LogP contribution is -2.14. The molecule has 0 radical (unpaired) electrons. The van der Waals surface area contributed by atoms with Crippen LogP contribution in [0.15, 0.2) is 53.8 Å². The Morgan fingerprint density at radius 1 is 1.10 bits per heavy atom. The highest BCUT2D eigenvalue weighted by atomic mass is 35.5. The first-order valence-electron chi connectivity index (χ1n) is 9.27. The zero-order valence-corrected chi connectivity index (χ0v) is 18.0. The summed E-state index contributed by atoms with van der Waals surface area (Å²) in [7, 11) is 0. The fraction of sp³-hybridized carbons (Fsp3) is 0.190. The first-order chi connectivity index (χ1) is 14.5. The summed E-state index contributed by atoms with van der Waals surface area (Å²) in [5.74, 6) is 0.105. The van der Waals surface area contributed by atoms with Gasteiger partial charge in [0.2, 0.25) is 5.91 Å². The van der Waals surface area contributed by atoms with E-state index < -0.39 is 0 Å². The Hall–Kier alpha value is -2.97. The molecule has 30 heavy (non-hydrogen) atoms. The zero-order valence-electron chi connectivity index (χ0n) is 16.5. The van der Waals surface area contributed by atoms with E-state index in [-0.39, 0.29) is 11.7 Å². The molecule has 4 rings (SSSR count). The average Bonchev–Trinajstić information content (AvgIpc) is 3.11. The number of hydrogen-bond donors (Lipinski definition) is 1. The number of carbonyl (C=O) groups excluding carboxylic acids is 1. The van der Waals surface area contributed by atoms with Crippen LogP contribution in [-0.2, 0) is 11.3 Å². The van der Waals surface area contributed by atoms with E-state index in [9.17, 15) is 4.79 Å². The third kappa shape index (κ3) is 4.77. The number of aryl methyl sites for hydroxylation is 2. The number of fused-ring (bicyclic) bond motifs is 1. The lowest BCUT2D eigenvalue weighted by Gasteiger charge is -2.07. The molecule has 0 bridgehead atoms. The molecule has 2 heterocycles. The topological polar surface area (TPSA) is 85.6 Å². The van der Waals surface area contributed by atoms with Crippen molar-refractivity contribution in [3.05, 3.63) is 70.5 Å². The van der Waals surface area contributed by atoms with Crippen molar-refractivity contribution in [1.82, 2.24) is 25.0 Å². The standard InChI is InChI=1S/C21H19ClN6OS/c1-13-7-14(2)9-17(8-13)25-18(29)11-30-21-19-20(23-12-24-21)28(27-26-19)10-15-3-5-16(22)6-4-15/h3-9,12H,10-11H2,1-2H3,(H,25,29). The number of thioether (sulfide) groups is 1. The van der Waals surface area contributed by atoms with Crippen molar-refractivity contribution in [3.8, 4) is 0 Å². The molecular formula is C21H19ClN6OS. The van der Waals surface area contributed by atoms with Crippen molar-refractivity contribution >= 4 is 46.1 Å². The van der Waals surface area contributed by atoms with E-state index in [1.165, 1.54) is 18.1 Å². The van der Waals surface area contributed by atoms with Gasteiger partial charge in [-0.1, -0.05) is 46.8 Å². The SMILES string of the molecule is Cc1cc(C)cc(NC(=O)CSc2ncnc3c2nnn3Cc2ccc(Cl)cc2)c1. The number of hydrogen-bond acceptors (Lipinski definition) is 6.